The lowest BCUT2D eigenvalue weighted by Gasteiger charge is -2.15. The molecule has 4 heteroatoms. The molecule has 0 spiro atoms. The number of amides is 1. The number of carbonyl (C=O) groups is 1. The van der Waals surface area contributed by atoms with Gasteiger partial charge in [-0.2, -0.15) is 0 Å². The van der Waals surface area contributed by atoms with E-state index in [9.17, 15) is 4.79 Å². The molecular formula is C10H15N3O. The Morgan fingerprint density at radius 1 is 1.36 bits per heavy atom. The Kier molecular flexibility index (Phi) is 2.84. The highest BCUT2D eigenvalue weighted by Crippen LogP contribution is 1.99. The summed E-state index contributed by atoms with van der Waals surface area (Å²) in [6, 6.07) is 0.152. The number of carbonyl (C=O) groups excluding carboxylic acids is 1. The van der Waals surface area contributed by atoms with Crippen LogP contribution in [0, 0.1) is 0 Å². The Bertz CT molecular complexity index is 269. The Hall–Kier alpha value is -1.29. The van der Waals surface area contributed by atoms with Crippen LogP contribution in [0.5, 0.6) is 0 Å². The molecular weight excluding hydrogens is 178 g/mol. The van der Waals surface area contributed by atoms with Gasteiger partial charge in [-0.05, 0) is 12.6 Å². The maximum atomic E-state index is 11.4. The first-order valence-corrected chi connectivity index (χ1v) is 4.95. The van der Waals surface area contributed by atoms with Gasteiger partial charge in [0, 0.05) is 13.1 Å². The Morgan fingerprint density at radius 3 is 3.00 bits per heavy atom. The molecule has 2 aliphatic rings. The zero-order chi connectivity index (χ0) is 9.80. The second-order valence-electron chi connectivity index (χ2n) is 3.55. The van der Waals surface area contributed by atoms with E-state index >= 15 is 0 Å². The van der Waals surface area contributed by atoms with Crippen molar-refractivity contribution < 1.29 is 4.79 Å². The van der Waals surface area contributed by atoms with Crippen LogP contribution in [-0.2, 0) is 4.79 Å². The van der Waals surface area contributed by atoms with E-state index in [1.807, 2.05) is 12.3 Å². The zero-order valence-corrected chi connectivity index (χ0v) is 7.99. The van der Waals surface area contributed by atoms with E-state index in [-0.39, 0.29) is 18.0 Å². The normalized spacial score (nSPS) is 34.6. The van der Waals surface area contributed by atoms with Crippen molar-refractivity contribution in [2.24, 2.45) is 0 Å². The van der Waals surface area contributed by atoms with Crippen LogP contribution >= 0.6 is 0 Å². The zero-order valence-electron chi connectivity index (χ0n) is 7.99. The van der Waals surface area contributed by atoms with Crippen molar-refractivity contribution >= 4 is 5.91 Å². The number of hydrogen-bond donors (Lipinski definition) is 3. The lowest BCUT2D eigenvalue weighted by atomic mass is 10.2. The molecule has 14 heavy (non-hydrogen) atoms. The van der Waals surface area contributed by atoms with Crippen molar-refractivity contribution in [3.05, 3.63) is 24.4 Å². The third kappa shape index (κ3) is 2.60. The first kappa shape index (κ1) is 9.27. The highest BCUT2D eigenvalue weighted by Gasteiger charge is 2.29. The molecule has 2 rings (SSSR count). The molecule has 0 aliphatic carbocycles. The molecule has 0 aromatic heterocycles. The maximum absolute atomic E-state index is 11.4. The largest absolute Gasteiger partial charge is 0.389 e. The summed E-state index contributed by atoms with van der Waals surface area (Å²) in [5.74, 6) is 0.103. The SMILES string of the molecule is O=C(NC1/C=C\C/C=C\NC1)C1CN1. The van der Waals surface area contributed by atoms with Crippen LogP contribution in [0.2, 0.25) is 0 Å². The van der Waals surface area contributed by atoms with E-state index in [2.05, 4.69) is 28.1 Å². The van der Waals surface area contributed by atoms with Gasteiger partial charge < -0.3 is 16.0 Å². The smallest absolute Gasteiger partial charge is 0.238 e. The Labute approximate surface area is 83.4 Å². The summed E-state index contributed by atoms with van der Waals surface area (Å²) in [4.78, 5) is 11.4. The van der Waals surface area contributed by atoms with Crippen molar-refractivity contribution in [2.75, 3.05) is 13.1 Å². The molecule has 2 heterocycles. The van der Waals surface area contributed by atoms with Crippen LogP contribution in [0.3, 0.4) is 0 Å². The van der Waals surface area contributed by atoms with Crippen LogP contribution in [0.15, 0.2) is 24.4 Å². The van der Waals surface area contributed by atoms with Crippen molar-refractivity contribution in [1.29, 1.82) is 0 Å². The third-order valence-corrected chi connectivity index (χ3v) is 2.27. The van der Waals surface area contributed by atoms with Crippen molar-refractivity contribution in [2.45, 2.75) is 18.5 Å². The van der Waals surface area contributed by atoms with Crippen molar-refractivity contribution in [1.82, 2.24) is 16.0 Å². The van der Waals surface area contributed by atoms with Gasteiger partial charge in [-0.3, -0.25) is 4.79 Å². The fourth-order valence-electron chi connectivity index (χ4n) is 1.36. The predicted octanol–water partition coefficient (Wildman–Crippen LogP) is -0.494. The Morgan fingerprint density at radius 2 is 2.21 bits per heavy atom. The second kappa shape index (κ2) is 4.28. The average Bonchev–Trinajstić information content (AvgIpc) is 2.91. The van der Waals surface area contributed by atoms with Crippen LogP contribution in [0.4, 0.5) is 0 Å². The lowest BCUT2D eigenvalue weighted by molar-refractivity contribution is -0.120. The summed E-state index contributed by atoms with van der Waals surface area (Å²) in [6.45, 7) is 1.57. The van der Waals surface area contributed by atoms with E-state index in [0.29, 0.717) is 0 Å². The van der Waals surface area contributed by atoms with Gasteiger partial charge in [0.05, 0.1) is 12.1 Å². The van der Waals surface area contributed by atoms with E-state index in [0.717, 1.165) is 19.5 Å². The monoisotopic (exact) mass is 193 g/mol. The van der Waals surface area contributed by atoms with Crippen LogP contribution in [0.1, 0.15) is 6.42 Å². The van der Waals surface area contributed by atoms with Gasteiger partial charge in [0.2, 0.25) is 5.91 Å². The molecule has 0 saturated carbocycles. The molecule has 4 nitrogen and oxygen atoms in total. The van der Waals surface area contributed by atoms with Crippen LogP contribution in [0.25, 0.3) is 0 Å². The molecule has 0 bridgehead atoms. The minimum atomic E-state index is 0.0457. The minimum absolute atomic E-state index is 0.0457. The summed E-state index contributed by atoms with van der Waals surface area (Å²) in [7, 11) is 0. The number of rotatable bonds is 2. The minimum Gasteiger partial charge on any atom is -0.389 e. The molecule has 2 aliphatic heterocycles. The number of nitrogens with one attached hydrogen (secondary N) is 3. The van der Waals surface area contributed by atoms with Crippen LogP contribution in [-0.4, -0.2) is 31.1 Å². The molecule has 0 aromatic carbocycles. The highest BCUT2D eigenvalue weighted by atomic mass is 16.2. The molecule has 0 aromatic rings. The maximum Gasteiger partial charge on any atom is 0.238 e. The molecule has 1 saturated heterocycles. The first-order chi connectivity index (χ1) is 6.86. The predicted molar refractivity (Wildman–Crippen MR) is 54.6 cm³/mol. The summed E-state index contributed by atoms with van der Waals surface area (Å²) in [5.41, 5.74) is 0. The van der Waals surface area contributed by atoms with Gasteiger partial charge in [0.1, 0.15) is 0 Å². The molecule has 3 N–H and O–H groups in total. The van der Waals surface area contributed by atoms with Gasteiger partial charge in [0.25, 0.3) is 0 Å². The number of allylic oxidation sites excluding steroid dienone is 2. The summed E-state index contributed by atoms with van der Waals surface area (Å²) < 4.78 is 0. The first-order valence-electron chi connectivity index (χ1n) is 4.95. The number of hydrogen-bond acceptors (Lipinski definition) is 3. The van der Waals surface area contributed by atoms with Crippen molar-refractivity contribution in [3.8, 4) is 0 Å². The lowest BCUT2D eigenvalue weighted by Crippen LogP contribution is -2.42. The molecule has 2 unspecified atom stereocenters. The second-order valence-corrected chi connectivity index (χ2v) is 3.55. The summed E-state index contributed by atoms with van der Waals surface area (Å²) in [6.07, 6.45) is 9.01. The highest BCUT2D eigenvalue weighted by molar-refractivity contribution is 5.85. The van der Waals surface area contributed by atoms with Crippen LogP contribution < -0.4 is 16.0 Å². The average molecular weight is 193 g/mol. The summed E-state index contributed by atoms with van der Waals surface area (Å²) >= 11 is 0. The quantitative estimate of drug-likeness (QED) is 0.409. The van der Waals surface area contributed by atoms with Gasteiger partial charge in [-0.25, -0.2) is 0 Å². The van der Waals surface area contributed by atoms with Gasteiger partial charge in [-0.15, -0.1) is 0 Å². The molecule has 2 atom stereocenters. The Balaban J connectivity index is 1.83. The fraction of sp³-hybridized carbons (Fsp3) is 0.500. The van der Waals surface area contributed by atoms with Crippen molar-refractivity contribution in [3.63, 3.8) is 0 Å². The van der Waals surface area contributed by atoms with Gasteiger partial charge in [-0.1, -0.05) is 18.2 Å². The molecule has 1 fully saturated rings. The van der Waals surface area contributed by atoms with E-state index in [1.165, 1.54) is 0 Å². The van der Waals surface area contributed by atoms with E-state index in [4.69, 9.17) is 0 Å². The fourth-order valence-corrected chi connectivity index (χ4v) is 1.36. The standard InChI is InChI=1S/C10H15N3O/c14-10(9-7-12-9)13-8-4-2-1-3-5-11-6-8/h2-5,8-9,11-12H,1,6-7H2,(H,13,14)/b4-2-,5-3-. The summed E-state index contributed by atoms with van der Waals surface area (Å²) in [5, 5.41) is 9.08. The van der Waals surface area contributed by atoms with Gasteiger partial charge >= 0.3 is 0 Å². The van der Waals surface area contributed by atoms with E-state index < -0.39 is 0 Å². The molecule has 76 valence electrons. The van der Waals surface area contributed by atoms with Gasteiger partial charge in [0.15, 0.2) is 0 Å². The molecule has 1 amide bonds. The molecule has 0 radical (unpaired) electrons. The third-order valence-electron chi connectivity index (χ3n) is 2.27. The topological polar surface area (TPSA) is 63.1 Å². The van der Waals surface area contributed by atoms with E-state index in [1.54, 1.807) is 0 Å².